The SMILES string of the molecule is Cc1c(Oc2cc(F)cc(C#N)c2)ccc(OSC(F)(F)F)c1/C=C/C(=N)OC=N. The van der Waals surface area contributed by atoms with E-state index < -0.39 is 29.3 Å². The van der Waals surface area contributed by atoms with Crippen LogP contribution >= 0.6 is 12.0 Å². The Morgan fingerprint density at radius 1 is 1.20 bits per heavy atom. The van der Waals surface area contributed by atoms with Crippen LogP contribution in [-0.4, -0.2) is 17.8 Å². The van der Waals surface area contributed by atoms with E-state index in [1.807, 2.05) is 0 Å². The Hall–Kier alpha value is -3.52. The van der Waals surface area contributed by atoms with Crippen LogP contribution < -0.4 is 8.92 Å². The minimum Gasteiger partial charge on any atom is -0.457 e. The molecule has 2 aromatic rings. The second kappa shape index (κ2) is 9.80. The van der Waals surface area contributed by atoms with Crippen molar-refractivity contribution in [1.82, 2.24) is 0 Å². The minimum atomic E-state index is -4.64. The number of rotatable bonds is 7. The van der Waals surface area contributed by atoms with E-state index >= 15 is 0 Å². The van der Waals surface area contributed by atoms with Crippen molar-refractivity contribution in [2.45, 2.75) is 12.4 Å². The normalized spacial score (nSPS) is 11.1. The van der Waals surface area contributed by atoms with E-state index in [1.165, 1.54) is 31.2 Å². The quantitative estimate of drug-likeness (QED) is 0.240. The lowest BCUT2D eigenvalue weighted by Gasteiger charge is -2.15. The van der Waals surface area contributed by atoms with Crippen LogP contribution in [0.3, 0.4) is 0 Å². The third-order valence-corrected chi connectivity index (χ3v) is 3.92. The van der Waals surface area contributed by atoms with Gasteiger partial charge in [-0.1, -0.05) is 0 Å². The maximum Gasteiger partial charge on any atom is 0.479 e. The van der Waals surface area contributed by atoms with Gasteiger partial charge >= 0.3 is 5.51 Å². The van der Waals surface area contributed by atoms with E-state index in [0.29, 0.717) is 12.0 Å². The highest BCUT2D eigenvalue weighted by molar-refractivity contribution is 7.95. The molecule has 0 saturated heterocycles. The molecule has 0 spiro atoms. The van der Waals surface area contributed by atoms with Crippen LogP contribution in [0.1, 0.15) is 16.7 Å². The number of benzene rings is 2. The monoisotopic (exact) mass is 439 g/mol. The fourth-order valence-electron chi connectivity index (χ4n) is 2.24. The molecular formula is C19H13F4N3O3S. The molecule has 30 heavy (non-hydrogen) atoms. The first-order chi connectivity index (χ1) is 14.1. The van der Waals surface area contributed by atoms with Gasteiger partial charge in [0.15, 0.2) is 18.4 Å². The topological polar surface area (TPSA) is 99.2 Å². The number of alkyl halides is 3. The van der Waals surface area contributed by atoms with Gasteiger partial charge in [-0.05, 0) is 37.3 Å². The molecule has 0 aliphatic carbocycles. The Morgan fingerprint density at radius 2 is 1.90 bits per heavy atom. The molecule has 0 bridgehead atoms. The van der Waals surface area contributed by atoms with Crippen molar-refractivity contribution in [1.29, 1.82) is 16.1 Å². The van der Waals surface area contributed by atoms with Crippen LogP contribution in [0.2, 0.25) is 0 Å². The van der Waals surface area contributed by atoms with Crippen LogP contribution in [0.4, 0.5) is 17.6 Å². The van der Waals surface area contributed by atoms with Gasteiger partial charge < -0.3 is 13.7 Å². The predicted molar refractivity (Wildman–Crippen MR) is 103 cm³/mol. The second-order valence-corrected chi connectivity index (χ2v) is 6.33. The number of halogens is 4. The van der Waals surface area contributed by atoms with Gasteiger partial charge in [-0.2, -0.15) is 18.4 Å². The second-order valence-electron chi connectivity index (χ2n) is 5.54. The number of hydrogen-bond acceptors (Lipinski definition) is 7. The van der Waals surface area contributed by atoms with E-state index in [2.05, 4.69) is 4.74 Å². The average Bonchev–Trinajstić information content (AvgIpc) is 2.66. The Labute approximate surface area is 172 Å². The highest BCUT2D eigenvalue weighted by Crippen LogP contribution is 2.39. The summed E-state index contributed by atoms with van der Waals surface area (Å²) in [6, 6.07) is 7.70. The zero-order chi connectivity index (χ0) is 22.3. The molecule has 0 aliphatic heterocycles. The van der Waals surface area contributed by atoms with Crippen LogP contribution in [0, 0.1) is 34.9 Å². The zero-order valence-electron chi connectivity index (χ0n) is 15.2. The Bertz CT molecular complexity index is 1030. The summed E-state index contributed by atoms with van der Waals surface area (Å²) in [6.45, 7) is 1.52. The van der Waals surface area contributed by atoms with Gasteiger partial charge in [0.1, 0.15) is 23.1 Å². The highest BCUT2D eigenvalue weighted by Gasteiger charge is 2.32. The van der Waals surface area contributed by atoms with E-state index in [4.69, 9.17) is 25.0 Å². The molecule has 0 aromatic heterocycles. The van der Waals surface area contributed by atoms with Crippen molar-refractivity contribution in [2.75, 3.05) is 0 Å². The van der Waals surface area contributed by atoms with Crippen molar-refractivity contribution < 1.29 is 31.2 Å². The first-order valence-corrected chi connectivity index (χ1v) is 8.74. The molecule has 0 fully saturated rings. The molecule has 2 aromatic carbocycles. The molecule has 0 heterocycles. The van der Waals surface area contributed by atoms with E-state index in [-0.39, 0.29) is 28.4 Å². The van der Waals surface area contributed by atoms with Gasteiger partial charge in [0.2, 0.25) is 5.90 Å². The van der Waals surface area contributed by atoms with Crippen LogP contribution in [0.15, 0.2) is 36.4 Å². The number of nitriles is 1. The summed E-state index contributed by atoms with van der Waals surface area (Å²) in [7, 11) is 0. The maximum atomic E-state index is 13.6. The van der Waals surface area contributed by atoms with Crippen molar-refractivity contribution in [2.24, 2.45) is 0 Å². The van der Waals surface area contributed by atoms with Crippen LogP contribution in [-0.2, 0) is 4.74 Å². The fraction of sp³-hybridized carbons (Fsp3) is 0.105. The molecule has 0 aliphatic rings. The Kier molecular flexibility index (Phi) is 7.43. The molecule has 2 rings (SSSR count). The van der Waals surface area contributed by atoms with Crippen LogP contribution in [0.25, 0.3) is 6.08 Å². The summed E-state index contributed by atoms with van der Waals surface area (Å²) in [6.07, 6.45) is 2.89. The lowest BCUT2D eigenvalue weighted by atomic mass is 10.1. The molecule has 0 saturated carbocycles. The van der Waals surface area contributed by atoms with Crippen molar-refractivity contribution in [3.8, 4) is 23.3 Å². The van der Waals surface area contributed by atoms with Gasteiger partial charge in [-0.15, -0.1) is 0 Å². The molecule has 6 nitrogen and oxygen atoms in total. The lowest BCUT2D eigenvalue weighted by molar-refractivity contribution is -0.0369. The van der Waals surface area contributed by atoms with Crippen molar-refractivity contribution in [3.63, 3.8) is 0 Å². The molecule has 0 unspecified atom stereocenters. The van der Waals surface area contributed by atoms with E-state index in [0.717, 1.165) is 18.2 Å². The summed E-state index contributed by atoms with van der Waals surface area (Å²) in [5, 5.41) is 23.2. The molecule has 0 atom stereocenters. The molecule has 156 valence electrons. The number of nitrogens with one attached hydrogen (secondary N) is 2. The van der Waals surface area contributed by atoms with E-state index in [1.54, 1.807) is 6.07 Å². The van der Waals surface area contributed by atoms with Crippen molar-refractivity contribution >= 4 is 30.4 Å². The summed E-state index contributed by atoms with van der Waals surface area (Å²) in [5.74, 6) is -1.12. The Morgan fingerprint density at radius 3 is 2.53 bits per heavy atom. The number of hydrogen-bond donors (Lipinski definition) is 2. The minimum absolute atomic E-state index is 0.0165. The molecular weight excluding hydrogens is 426 g/mol. The van der Waals surface area contributed by atoms with Gasteiger partial charge in [0.05, 0.1) is 11.6 Å². The van der Waals surface area contributed by atoms with E-state index in [9.17, 15) is 17.6 Å². The van der Waals surface area contributed by atoms with Gasteiger partial charge in [-0.25, -0.2) is 4.39 Å². The highest BCUT2D eigenvalue weighted by atomic mass is 32.2. The standard InChI is InChI=1S/C19H13F4N3O3S/c1-11-15(2-5-18(26)27-10-25)17(29-30-19(21,22)23)4-3-16(11)28-14-7-12(9-24)6-13(20)8-14/h2-8,10,25-26H,1H3/b5-2+,25-10?,26-18?. The fourth-order valence-corrected chi connectivity index (χ4v) is 2.57. The summed E-state index contributed by atoms with van der Waals surface area (Å²) < 4.78 is 66.1. The number of nitrogens with zero attached hydrogens (tertiary/aromatic N) is 1. The smallest absolute Gasteiger partial charge is 0.457 e. The number of ether oxygens (including phenoxy) is 2. The lowest BCUT2D eigenvalue weighted by Crippen LogP contribution is -2.04. The largest absolute Gasteiger partial charge is 0.479 e. The van der Waals surface area contributed by atoms with Crippen LogP contribution in [0.5, 0.6) is 17.2 Å². The van der Waals surface area contributed by atoms with Gasteiger partial charge in [-0.3, -0.25) is 10.8 Å². The predicted octanol–water partition coefficient (Wildman–Crippen LogP) is 5.96. The third kappa shape index (κ3) is 6.52. The average molecular weight is 439 g/mol. The van der Waals surface area contributed by atoms with Gasteiger partial charge in [0, 0.05) is 23.3 Å². The van der Waals surface area contributed by atoms with Crippen molar-refractivity contribution in [3.05, 3.63) is 58.9 Å². The summed E-state index contributed by atoms with van der Waals surface area (Å²) in [5.41, 5.74) is -4.16. The summed E-state index contributed by atoms with van der Waals surface area (Å²) >= 11 is -0.711. The summed E-state index contributed by atoms with van der Waals surface area (Å²) in [4.78, 5) is 0. The van der Waals surface area contributed by atoms with Gasteiger partial charge in [0.25, 0.3) is 0 Å². The molecule has 11 heteroatoms. The molecule has 2 N–H and O–H groups in total. The first kappa shape index (κ1) is 22.8. The zero-order valence-corrected chi connectivity index (χ0v) is 16.0. The third-order valence-electron chi connectivity index (χ3n) is 3.47. The first-order valence-electron chi connectivity index (χ1n) is 7.99. The maximum absolute atomic E-state index is 13.6. The Balaban J connectivity index is 2.44. The molecule has 0 radical (unpaired) electrons. The molecule has 0 amide bonds.